The van der Waals surface area contributed by atoms with Crippen LogP contribution in [0.5, 0.6) is 5.75 Å². The number of anilines is 1. The number of aliphatic hydroxyl groups excluding tert-OH is 1. The van der Waals surface area contributed by atoms with Gasteiger partial charge in [0.2, 0.25) is 5.91 Å². The Morgan fingerprint density at radius 3 is 2.62 bits per heavy atom. The van der Waals surface area contributed by atoms with E-state index in [9.17, 15) is 9.90 Å². The van der Waals surface area contributed by atoms with E-state index in [1.807, 2.05) is 43.3 Å². The minimum Gasteiger partial charge on any atom is -0.496 e. The van der Waals surface area contributed by atoms with Crippen molar-refractivity contribution in [3.05, 3.63) is 47.5 Å². The fourth-order valence-electron chi connectivity index (χ4n) is 2.97. The van der Waals surface area contributed by atoms with Crippen LogP contribution in [-0.2, 0) is 11.2 Å². The summed E-state index contributed by atoms with van der Waals surface area (Å²) in [4.78, 5) is 17.8. The first-order chi connectivity index (χ1) is 12.4. The van der Waals surface area contributed by atoms with Crippen LogP contribution in [0.1, 0.15) is 24.3 Å². The van der Waals surface area contributed by atoms with Gasteiger partial charge in [0.15, 0.2) is 6.23 Å². The van der Waals surface area contributed by atoms with Crippen LogP contribution in [0.4, 0.5) is 5.69 Å². The van der Waals surface area contributed by atoms with Crippen molar-refractivity contribution in [3.63, 3.8) is 0 Å². The summed E-state index contributed by atoms with van der Waals surface area (Å²) in [6.45, 7) is 1.82. The van der Waals surface area contributed by atoms with Gasteiger partial charge in [-0.2, -0.15) is 0 Å². The molecule has 0 aromatic heterocycles. The zero-order chi connectivity index (χ0) is 18.8. The number of nitrogens with one attached hydrogen (secondary N) is 1. The molecule has 2 N–H and O–H groups in total. The van der Waals surface area contributed by atoms with Crippen LogP contribution in [0.3, 0.4) is 0 Å². The minimum atomic E-state index is -0.876. The predicted octanol–water partition coefficient (Wildman–Crippen LogP) is 2.83. The molecule has 136 valence electrons. The number of carbonyl (C=O) groups is 1. The number of rotatable bonds is 4. The number of benzene rings is 2. The Morgan fingerprint density at radius 2 is 1.92 bits per heavy atom. The molecule has 0 saturated heterocycles. The highest BCUT2D eigenvalue weighted by atomic mass is 16.5. The van der Waals surface area contributed by atoms with Crippen molar-refractivity contribution in [2.45, 2.75) is 19.6 Å². The Balaban J connectivity index is 1.98. The molecule has 0 bridgehead atoms. The van der Waals surface area contributed by atoms with Gasteiger partial charge < -0.3 is 20.1 Å². The summed E-state index contributed by atoms with van der Waals surface area (Å²) in [5.74, 6) is 1.38. The quantitative estimate of drug-likeness (QED) is 0.886. The second-order valence-electron chi connectivity index (χ2n) is 6.51. The molecule has 6 nitrogen and oxygen atoms in total. The van der Waals surface area contributed by atoms with E-state index < -0.39 is 6.23 Å². The van der Waals surface area contributed by atoms with Gasteiger partial charge in [-0.15, -0.1) is 0 Å². The lowest BCUT2D eigenvalue weighted by atomic mass is 9.97. The molecule has 0 aliphatic carbocycles. The number of aliphatic hydroxyl groups is 1. The van der Waals surface area contributed by atoms with E-state index in [0.717, 1.165) is 27.9 Å². The number of amides is 1. The fraction of sp³-hybridized carbons (Fsp3) is 0.300. The number of fused-ring (bicyclic) bond motifs is 1. The first-order valence-electron chi connectivity index (χ1n) is 8.40. The summed E-state index contributed by atoms with van der Waals surface area (Å²) in [7, 11) is 5.07. The van der Waals surface area contributed by atoms with Gasteiger partial charge in [-0.1, -0.05) is 12.1 Å². The van der Waals surface area contributed by atoms with Gasteiger partial charge in [0.05, 0.1) is 13.5 Å². The second-order valence-corrected chi connectivity index (χ2v) is 6.51. The Bertz CT molecular complexity index is 875. The van der Waals surface area contributed by atoms with Crippen LogP contribution in [0.15, 0.2) is 41.4 Å². The van der Waals surface area contributed by atoms with Crippen molar-refractivity contribution in [3.8, 4) is 16.9 Å². The number of carbonyl (C=O) groups excluding carboxylic acids is 1. The highest BCUT2D eigenvalue weighted by Crippen LogP contribution is 2.34. The number of hydrogen-bond acceptors (Lipinski definition) is 5. The Kier molecular flexibility index (Phi) is 4.95. The highest BCUT2D eigenvalue weighted by molar-refractivity contribution is 5.96. The predicted molar refractivity (Wildman–Crippen MR) is 103 cm³/mol. The molecule has 0 fully saturated rings. The van der Waals surface area contributed by atoms with Crippen molar-refractivity contribution < 1.29 is 14.6 Å². The van der Waals surface area contributed by atoms with Crippen LogP contribution in [0.25, 0.3) is 11.1 Å². The van der Waals surface area contributed by atoms with Crippen LogP contribution < -0.4 is 10.1 Å². The van der Waals surface area contributed by atoms with Gasteiger partial charge in [-0.3, -0.25) is 4.79 Å². The third-order valence-corrected chi connectivity index (χ3v) is 4.42. The van der Waals surface area contributed by atoms with E-state index in [4.69, 9.17) is 4.74 Å². The lowest BCUT2D eigenvalue weighted by Gasteiger charge is -2.21. The molecule has 6 heteroatoms. The SMILES string of the molecule is COc1ccc(-c2ccc3c(c2)C(O)N=C(C)N3)cc1CC(=O)N(C)C. The van der Waals surface area contributed by atoms with E-state index >= 15 is 0 Å². The maximum absolute atomic E-state index is 12.1. The summed E-state index contributed by atoms with van der Waals surface area (Å²) in [5, 5.41) is 13.4. The first kappa shape index (κ1) is 17.9. The Hall–Kier alpha value is -2.86. The maximum atomic E-state index is 12.1. The zero-order valence-electron chi connectivity index (χ0n) is 15.4. The molecular formula is C20H23N3O3. The van der Waals surface area contributed by atoms with Crippen molar-refractivity contribution in [2.75, 3.05) is 26.5 Å². The molecule has 26 heavy (non-hydrogen) atoms. The number of aliphatic imine (C=N–C) groups is 1. The molecule has 2 aromatic rings. The summed E-state index contributed by atoms with van der Waals surface area (Å²) < 4.78 is 5.40. The molecule has 0 saturated carbocycles. The van der Waals surface area contributed by atoms with Gasteiger partial charge >= 0.3 is 0 Å². The van der Waals surface area contributed by atoms with E-state index in [-0.39, 0.29) is 12.3 Å². The molecule has 1 heterocycles. The standard InChI is InChI=1S/C20H23N3O3/c1-12-21-17-7-5-14(10-16(17)20(25)22-12)13-6-8-18(26-4)15(9-13)11-19(24)23(2)3/h5-10,20,25H,11H2,1-4H3,(H,21,22). The van der Waals surface area contributed by atoms with Crippen molar-refractivity contribution in [1.82, 2.24) is 4.90 Å². The van der Waals surface area contributed by atoms with Crippen LogP contribution in [-0.4, -0.2) is 43.0 Å². The van der Waals surface area contributed by atoms with E-state index in [0.29, 0.717) is 11.6 Å². The first-order valence-corrected chi connectivity index (χ1v) is 8.40. The van der Waals surface area contributed by atoms with Crippen LogP contribution in [0, 0.1) is 0 Å². The molecule has 1 aliphatic heterocycles. The number of amidine groups is 1. The molecule has 1 atom stereocenters. The molecule has 1 unspecified atom stereocenters. The normalized spacial score (nSPS) is 15.6. The topological polar surface area (TPSA) is 74.2 Å². The van der Waals surface area contributed by atoms with Crippen molar-refractivity contribution in [1.29, 1.82) is 0 Å². The maximum Gasteiger partial charge on any atom is 0.226 e. The zero-order valence-corrected chi connectivity index (χ0v) is 15.4. The molecule has 2 aromatic carbocycles. The number of likely N-dealkylation sites (N-methyl/N-ethyl adjacent to an activating group) is 1. The summed E-state index contributed by atoms with van der Waals surface area (Å²) >= 11 is 0. The Morgan fingerprint density at radius 1 is 1.23 bits per heavy atom. The Labute approximate surface area is 153 Å². The second kappa shape index (κ2) is 7.17. The van der Waals surface area contributed by atoms with E-state index in [1.165, 1.54) is 0 Å². The monoisotopic (exact) mass is 353 g/mol. The fourth-order valence-corrected chi connectivity index (χ4v) is 2.97. The van der Waals surface area contributed by atoms with Crippen LogP contribution >= 0.6 is 0 Å². The van der Waals surface area contributed by atoms with Gasteiger partial charge in [0.1, 0.15) is 11.6 Å². The minimum absolute atomic E-state index is 0.00956. The van der Waals surface area contributed by atoms with Gasteiger partial charge in [0, 0.05) is 30.9 Å². The molecule has 1 aliphatic rings. The van der Waals surface area contributed by atoms with Crippen LogP contribution in [0.2, 0.25) is 0 Å². The molecular weight excluding hydrogens is 330 g/mol. The number of methoxy groups -OCH3 is 1. The van der Waals surface area contributed by atoms with Gasteiger partial charge in [-0.05, 0) is 42.3 Å². The smallest absolute Gasteiger partial charge is 0.226 e. The molecule has 1 amide bonds. The lowest BCUT2D eigenvalue weighted by molar-refractivity contribution is -0.127. The van der Waals surface area contributed by atoms with E-state index in [2.05, 4.69) is 10.3 Å². The molecule has 3 rings (SSSR count). The largest absolute Gasteiger partial charge is 0.496 e. The van der Waals surface area contributed by atoms with Gasteiger partial charge in [0.25, 0.3) is 0 Å². The summed E-state index contributed by atoms with van der Waals surface area (Å²) in [6.07, 6.45) is -0.609. The number of nitrogens with zero attached hydrogens (tertiary/aromatic N) is 2. The summed E-state index contributed by atoms with van der Waals surface area (Å²) in [6, 6.07) is 11.6. The van der Waals surface area contributed by atoms with E-state index in [1.54, 1.807) is 26.1 Å². The number of hydrogen-bond donors (Lipinski definition) is 2. The average molecular weight is 353 g/mol. The molecule has 0 radical (unpaired) electrons. The summed E-state index contributed by atoms with van der Waals surface area (Å²) in [5.41, 5.74) is 4.31. The highest BCUT2D eigenvalue weighted by Gasteiger charge is 2.18. The molecule has 0 spiro atoms. The third kappa shape index (κ3) is 3.55. The average Bonchev–Trinajstić information content (AvgIpc) is 2.61. The number of ether oxygens (including phenoxy) is 1. The van der Waals surface area contributed by atoms with Crippen molar-refractivity contribution in [2.24, 2.45) is 4.99 Å². The van der Waals surface area contributed by atoms with Gasteiger partial charge in [-0.25, -0.2) is 4.99 Å². The lowest BCUT2D eigenvalue weighted by Crippen LogP contribution is -2.23. The van der Waals surface area contributed by atoms with Crippen molar-refractivity contribution >= 4 is 17.4 Å². The third-order valence-electron chi connectivity index (χ3n) is 4.42.